The summed E-state index contributed by atoms with van der Waals surface area (Å²) in [6, 6.07) is 8.29. The van der Waals surface area contributed by atoms with E-state index >= 15 is 0 Å². The molecule has 3 heterocycles. The zero-order chi connectivity index (χ0) is 31.7. The van der Waals surface area contributed by atoms with Crippen molar-refractivity contribution >= 4 is 24.1 Å². The minimum atomic E-state index is -1.64. The van der Waals surface area contributed by atoms with Gasteiger partial charge >= 0.3 is 18.2 Å². The highest BCUT2D eigenvalue weighted by Gasteiger charge is 2.59. The number of hydroxylamine groups is 3. The maximum absolute atomic E-state index is 13.2. The summed E-state index contributed by atoms with van der Waals surface area (Å²) in [6.07, 6.45) is -1.74. The fraction of sp³-hybridized carbons (Fsp3) is 0.655. The second kappa shape index (κ2) is 12.2. The molecule has 4 N–H and O–H groups in total. The first-order valence-electron chi connectivity index (χ1n) is 14.6. The van der Waals surface area contributed by atoms with Crippen LogP contribution in [0.15, 0.2) is 30.3 Å². The number of piperidine rings is 1. The number of amides is 5. The molecule has 238 valence electrons. The number of carboxylic acid groups (broad SMARTS) is 2. The van der Waals surface area contributed by atoms with Gasteiger partial charge in [0.05, 0.1) is 12.1 Å². The first-order valence-corrected chi connectivity index (χ1v) is 14.6. The van der Waals surface area contributed by atoms with Crippen LogP contribution >= 0.6 is 0 Å². The Morgan fingerprint density at radius 3 is 2.26 bits per heavy atom. The van der Waals surface area contributed by atoms with E-state index in [-0.39, 0.29) is 25.2 Å². The van der Waals surface area contributed by atoms with Gasteiger partial charge in [-0.05, 0) is 45.6 Å². The molecule has 1 aromatic rings. The number of benzene rings is 1. The van der Waals surface area contributed by atoms with Gasteiger partial charge in [0.2, 0.25) is 0 Å². The number of carbonyl (C=O) groups excluding carboxylic acids is 2. The van der Waals surface area contributed by atoms with E-state index in [9.17, 15) is 29.4 Å². The van der Waals surface area contributed by atoms with Gasteiger partial charge in [-0.15, -0.1) is 0 Å². The molecule has 0 saturated carbocycles. The maximum atomic E-state index is 13.2. The summed E-state index contributed by atoms with van der Waals surface area (Å²) in [6.45, 7) is 11.5. The molecule has 1 aromatic carbocycles. The van der Waals surface area contributed by atoms with E-state index in [1.807, 2.05) is 30.3 Å². The highest BCUT2D eigenvalue weighted by Crippen LogP contribution is 2.42. The second-order valence-corrected chi connectivity index (χ2v) is 13.3. The van der Waals surface area contributed by atoms with Crippen molar-refractivity contribution in [2.24, 2.45) is 5.41 Å². The van der Waals surface area contributed by atoms with Crippen LogP contribution in [0.25, 0.3) is 0 Å². The molecule has 14 nitrogen and oxygen atoms in total. The molecule has 3 fully saturated rings. The fourth-order valence-electron chi connectivity index (χ4n) is 6.45. The number of nitrogens with zero attached hydrogens (tertiary/aromatic N) is 4. The summed E-state index contributed by atoms with van der Waals surface area (Å²) in [4.78, 5) is 67.0. The number of fused-ring (bicyclic) bond motifs is 2. The van der Waals surface area contributed by atoms with Crippen LogP contribution in [0.5, 0.6) is 0 Å². The molecular weight excluding hydrogens is 560 g/mol. The van der Waals surface area contributed by atoms with Crippen LogP contribution in [0, 0.1) is 5.41 Å². The number of rotatable bonds is 9. The predicted octanol–water partition coefficient (Wildman–Crippen LogP) is 3.25. The molecule has 3 saturated heterocycles. The highest BCUT2D eigenvalue weighted by molar-refractivity contribution is 5.88. The minimum Gasteiger partial charge on any atom is -0.465 e. The summed E-state index contributed by atoms with van der Waals surface area (Å²) in [7, 11) is 0. The average Bonchev–Trinajstić information content (AvgIpc) is 3.47. The van der Waals surface area contributed by atoms with E-state index in [4.69, 9.17) is 9.68 Å². The fourth-order valence-corrected chi connectivity index (χ4v) is 6.45. The molecule has 5 amide bonds. The van der Waals surface area contributed by atoms with Crippen LogP contribution in [0.3, 0.4) is 0 Å². The Morgan fingerprint density at radius 1 is 1.00 bits per heavy atom. The molecular formula is C29H44N6O8. The van der Waals surface area contributed by atoms with Crippen LogP contribution in [-0.4, -0.2) is 103 Å². The molecule has 2 bridgehead atoms. The SMILES string of the molecule is CC(C)(C)N(C(=O)O)C(NC(=O)O)(N1CC[C@H](ONC(=O)[C@@H]2CC[C@@H]3CN2C(=O)N3OCc2ccccc2)C1)C(C)(C)C. The normalized spacial score (nSPS) is 24.0. The van der Waals surface area contributed by atoms with Crippen molar-refractivity contribution < 1.29 is 39.1 Å². The van der Waals surface area contributed by atoms with Gasteiger partial charge < -0.3 is 15.1 Å². The number of carbonyl (C=O) groups is 4. The molecule has 0 aliphatic carbocycles. The minimum absolute atomic E-state index is 0.142. The van der Waals surface area contributed by atoms with Crippen LogP contribution in [0.2, 0.25) is 0 Å². The lowest BCUT2D eigenvalue weighted by Crippen LogP contribution is -2.79. The van der Waals surface area contributed by atoms with Gasteiger partial charge in [0, 0.05) is 30.6 Å². The number of hydrogen-bond acceptors (Lipinski definition) is 7. The molecule has 0 radical (unpaired) electrons. The molecule has 14 heteroatoms. The summed E-state index contributed by atoms with van der Waals surface area (Å²) < 4.78 is 0. The maximum Gasteiger partial charge on any atom is 0.410 e. The van der Waals surface area contributed by atoms with Crippen molar-refractivity contribution in [3.8, 4) is 0 Å². The van der Waals surface area contributed by atoms with Gasteiger partial charge in [-0.25, -0.2) is 19.9 Å². The average molecular weight is 605 g/mol. The molecule has 4 rings (SSSR count). The first kappa shape index (κ1) is 32.3. The van der Waals surface area contributed by atoms with E-state index in [0.717, 1.165) is 10.5 Å². The van der Waals surface area contributed by atoms with E-state index in [0.29, 0.717) is 32.4 Å². The Bertz CT molecular complexity index is 1200. The van der Waals surface area contributed by atoms with Gasteiger partial charge in [-0.2, -0.15) is 5.06 Å². The van der Waals surface area contributed by atoms with Crippen molar-refractivity contribution in [2.75, 3.05) is 19.6 Å². The van der Waals surface area contributed by atoms with Crippen molar-refractivity contribution in [3.05, 3.63) is 35.9 Å². The first-order chi connectivity index (χ1) is 20.1. The smallest absolute Gasteiger partial charge is 0.410 e. The third kappa shape index (κ3) is 6.50. The quantitative estimate of drug-likeness (QED) is 0.245. The lowest BCUT2D eigenvalue weighted by Gasteiger charge is -2.58. The van der Waals surface area contributed by atoms with Crippen LogP contribution in [0.1, 0.15) is 66.4 Å². The Hall–Kier alpha value is -3.62. The number of urea groups is 1. The van der Waals surface area contributed by atoms with E-state index in [1.54, 1.807) is 46.4 Å². The van der Waals surface area contributed by atoms with Crippen molar-refractivity contribution in [3.63, 3.8) is 0 Å². The Morgan fingerprint density at radius 2 is 1.67 bits per heavy atom. The van der Waals surface area contributed by atoms with Gasteiger partial charge in [0.15, 0.2) is 5.79 Å². The second-order valence-electron chi connectivity index (χ2n) is 13.3. The lowest BCUT2D eigenvalue weighted by atomic mass is 9.82. The molecule has 0 aromatic heterocycles. The number of likely N-dealkylation sites (tertiary alicyclic amines) is 1. The summed E-state index contributed by atoms with van der Waals surface area (Å²) in [5.74, 6) is -2.10. The van der Waals surface area contributed by atoms with Crippen LogP contribution in [0.4, 0.5) is 14.4 Å². The monoisotopic (exact) mass is 604 g/mol. The predicted molar refractivity (Wildman–Crippen MR) is 154 cm³/mol. The lowest BCUT2D eigenvalue weighted by molar-refractivity contribution is -0.161. The Kier molecular flexibility index (Phi) is 9.14. The van der Waals surface area contributed by atoms with Gasteiger partial charge in [0.25, 0.3) is 5.91 Å². The third-order valence-electron chi connectivity index (χ3n) is 8.28. The van der Waals surface area contributed by atoms with Crippen LogP contribution < -0.4 is 10.8 Å². The standard InChI is InChI=1S/C29H44N6O8/c1-27(2,3)29(30-24(37)38,35(26(40)41)28(4,5)6)32-15-14-21(17-32)43-31-23(36)22-13-12-20-16-33(22)25(39)34(20)42-18-19-10-8-7-9-11-19/h7-11,20-22,30H,12-18H2,1-6H3,(H,31,36)(H,37,38)(H,40,41)/t20-,21+,22+,29?/m1/s1. The van der Waals surface area contributed by atoms with Crippen molar-refractivity contribution in [1.82, 2.24) is 30.6 Å². The molecule has 3 aliphatic rings. The molecule has 3 aliphatic heterocycles. The zero-order valence-corrected chi connectivity index (χ0v) is 25.7. The Balaban J connectivity index is 1.41. The van der Waals surface area contributed by atoms with Gasteiger partial charge in [0.1, 0.15) is 12.6 Å². The summed E-state index contributed by atoms with van der Waals surface area (Å²) >= 11 is 0. The van der Waals surface area contributed by atoms with Crippen LogP contribution in [-0.2, 0) is 21.1 Å². The summed E-state index contributed by atoms with van der Waals surface area (Å²) in [5.41, 5.74) is 1.58. The topological polar surface area (TPSA) is 164 Å². The van der Waals surface area contributed by atoms with E-state index in [2.05, 4.69) is 10.8 Å². The van der Waals surface area contributed by atoms with E-state index < -0.39 is 47.0 Å². The van der Waals surface area contributed by atoms with Crippen molar-refractivity contribution in [1.29, 1.82) is 0 Å². The zero-order valence-electron chi connectivity index (χ0n) is 25.7. The van der Waals surface area contributed by atoms with Gasteiger partial charge in [-0.3, -0.25) is 29.6 Å². The molecule has 43 heavy (non-hydrogen) atoms. The molecule has 0 spiro atoms. The van der Waals surface area contributed by atoms with E-state index in [1.165, 1.54) is 9.96 Å². The Labute approximate surface area is 251 Å². The van der Waals surface area contributed by atoms with Gasteiger partial charge in [-0.1, -0.05) is 51.1 Å². The summed E-state index contributed by atoms with van der Waals surface area (Å²) in [5, 5.41) is 24.0. The highest BCUT2D eigenvalue weighted by atomic mass is 16.7. The molecule has 4 atom stereocenters. The number of nitrogens with one attached hydrogen (secondary N) is 2. The number of hydrogen-bond donors (Lipinski definition) is 4. The van der Waals surface area contributed by atoms with Crippen molar-refractivity contribution in [2.45, 2.75) is 96.9 Å². The molecule has 1 unspecified atom stereocenters. The largest absolute Gasteiger partial charge is 0.465 e. The third-order valence-corrected chi connectivity index (χ3v) is 8.28.